The van der Waals surface area contributed by atoms with Crippen molar-refractivity contribution >= 4 is 0 Å². The highest BCUT2D eigenvalue weighted by Crippen LogP contribution is 2.25. The summed E-state index contributed by atoms with van der Waals surface area (Å²) in [5, 5.41) is 2.46. The number of ether oxygens (including phenoxy) is 1. The molecule has 0 amide bonds. The number of nitrogens with one attached hydrogen (secondary N) is 1. The molecule has 0 heterocycles. The Morgan fingerprint density at radius 2 is 1.95 bits per heavy atom. The molecule has 1 rings (SSSR count). The van der Waals surface area contributed by atoms with Gasteiger partial charge in [0.2, 0.25) is 0 Å². The number of nitrogens with two attached hydrogens (primary N) is 1. The molecule has 1 atom stereocenters. The van der Waals surface area contributed by atoms with Crippen LogP contribution < -0.4 is 15.8 Å². The van der Waals surface area contributed by atoms with Crippen LogP contribution in [0.15, 0.2) is 24.3 Å². The first-order chi connectivity index (χ1) is 8.81. The zero-order chi connectivity index (χ0) is 14.5. The Kier molecular flexibility index (Phi) is 5.49. The average Bonchev–Trinajstić information content (AvgIpc) is 2.27. The van der Waals surface area contributed by atoms with Crippen molar-refractivity contribution in [3.05, 3.63) is 29.8 Å². The number of halogens is 5. The Morgan fingerprint density at radius 3 is 2.47 bits per heavy atom. The molecule has 0 bridgehead atoms. The highest BCUT2D eigenvalue weighted by atomic mass is 19.4. The minimum atomic E-state index is -4.80. The van der Waals surface area contributed by atoms with Gasteiger partial charge < -0.3 is 15.8 Å². The van der Waals surface area contributed by atoms with Crippen LogP contribution >= 0.6 is 0 Å². The predicted molar refractivity (Wildman–Crippen MR) is 58.9 cm³/mol. The SMILES string of the molecule is NCC(NCC(F)F)c1cccc(OC(F)(F)F)c1. The Bertz CT molecular complexity index is 397. The van der Waals surface area contributed by atoms with Gasteiger partial charge in [-0.3, -0.25) is 0 Å². The Labute approximate surface area is 106 Å². The third-order valence-electron chi connectivity index (χ3n) is 2.25. The van der Waals surface area contributed by atoms with Gasteiger partial charge in [0.15, 0.2) is 0 Å². The minimum absolute atomic E-state index is 0.0256. The monoisotopic (exact) mass is 284 g/mol. The van der Waals surface area contributed by atoms with Gasteiger partial charge in [-0.25, -0.2) is 8.78 Å². The molecule has 0 fully saturated rings. The summed E-state index contributed by atoms with van der Waals surface area (Å²) in [4.78, 5) is 0. The van der Waals surface area contributed by atoms with Gasteiger partial charge >= 0.3 is 6.36 Å². The fourth-order valence-corrected chi connectivity index (χ4v) is 1.50. The first-order valence-corrected chi connectivity index (χ1v) is 5.39. The second kappa shape index (κ2) is 6.67. The molecular weight excluding hydrogens is 271 g/mol. The van der Waals surface area contributed by atoms with Crippen molar-refractivity contribution in [2.45, 2.75) is 18.8 Å². The molecule has 0 aliphatic carbocycles. The number of rotatable bonds is 6. The highest BCUT2D eigenvalue weighted by Gasteiger charge is 2.31. The first kappa shape index (κ1) is 15.6. The van der Waals surface area contributed by atoms with Crippen LogP contribution in [-0.4, -0.2) is 25.9 Å². The van der Waals surface area contributed by atoms with E-state index >= 15 is 0 Å². The van der Waals surface area contributed by atoms with Crippen LogP contribution in [0.25, 0.3) is 0 Å². The van der Waals surface area contributed by atoms with Crippen molar-refractivity contribution in [2.75, 3.05) is 13.1 Å². The average molecular weight is 284 g/mol. The van der Waals surface area contributed by atoms with Crippen molar-refractivity contribution in [1.29, 1.82) is 0 Å². The summed E-state index contributed by atoms with van der Waals surface area (Å²) in [5.74, 6) is -0.415. The molecule has 3 N–H and O–H groups in total. The van der Waals surface area contributed by atoms with Crippen LogP contribution in [0.2, 0.25) is 0 Å². The maximum Gasteiger partial charge on any atom is 0.573 e. The number of benzene rings is 1. The predicted octanol–water partition coefficient (Wildman–Crippen LogP) is 2.44. The fraction of sp³-hybridized carbons (Fsp3) is 0.455. The Balaban J connectivity index is 2.78. The topological polar surface area (TPSA) is 47.3 Å². The summed E-state index contributed by atoms with van der Waals surface area (Å²) >= 11 is 0. The largest absolute Gasteiger partial charge is 0.573 e. The van der Waals surface area contributed by atoms with Gasteiger partial charge in [0.1, 0.15) is 5.75 Å². The van der Waals surface area contributed by atoms with Gasteiger partial charge in [0.25, 0.3) is 6.43 Å². The number of hydrogen-bond donors (Lipinski definition) is 2. The lowest BCUT2D eigenvalue weighted by molar-refractivity contribution is -0.274. The van der Waals surface area contributed by atoms with E-state index in [1.165, 1.54) is 12.1 Å². The molecular formula is C11H13F5N2O. The van der Waals surface area contributed by atoms with E-state index in [-0.39, 0.29) is 6.54 Å². The molecule has 19 heavy (non-hydrogen) atoms. The molecule has 3 nitrogen and oxygen atoms in total. The van der Waals surface area contributed by atoms with Crippen LogP contribution in [0.5, 0.6) is 5.75 Å². The van der Waals surface area contributed by atoms with Crippen LogP contribution in [0.1, 0.15) is 11.6 Å². The third kappa shape index (κ3) is 5.84. The van der Waals surface area contributed by atoms with Crippen LogP contribution in [-0.2, 0) is 0 Å². The van der Waals surface area contributed by atoms with E-state index in [1.54, 1.807) is 0 Å². The Hall–Kier alpha value is -1.41. The van der Waals surface area contributed by atoms with E-state index in [9.17, 15) is 22.0 Å². The molecule has 8 heteroatoms. The molecule has 0 spiro atoms. The second-order valence-corrected chi connectivity index (χ2v) is 3.71. The van der Waals surface area contributed by atoms with Crippen LogP contribution in [0.3, 0.4) is 0 Å². The lowest BCUT2D eigenvalue weighted by Gasteiger charge is -2.18. The van der Waals surface area contributed by atoms with Crippen molar-refractivity contribution in [3.63, 3.8) is 0 Å². The summed E-state index contributed by atoms with van der Waals surface area (Å²) < 4.78 is 64.0. The fourth-order valence-electron chi connectivity index (χ4n) is 1.50. The summed E-state index contributed by atoms with van der Waals surface area (Å²) in [5.41, 5.74) is 5.75. The van der Waals surface area contributed by atoms with Gasteiger partial charge in [-0.2, -0.15) is 0 Å². The second-order valence-electron chi connectivity index (χ2n) is 3.71. The molecule has 0 radical (unpaired) electrons. The maximum absolute atomic E-state index is 12.1. The van der Waals surface area contributed by atoms with Gasteiger partial charge in [0, 0.05) is 12.6 Å². The van der Waals surface area contributed by atoms with Gasteiger partial charge in [-0.1, -0.05) is 12.1 Å². The summed E-state index contributed by atoms with van der Waals surface area (Å²) in [6, 6.07) is 4.40. The van der Waals surface area contributed by atoms with Gasteiger partial charge in [-0.15, -0.1) is 13.2 Å². The highest BCUT2D eigenvalue weighted by molar-refractivity contribution is 5.31. The first-order valence-electron chi connectivity index (χ1n) is 5.39. The molecule has 0 aromatic heterocycles. The Morgan fingerprint density at radius 1 is 1.26 bits per heavy atom. The van der Waals surface area contributed by atoms with Crippen LogP contribution in [0.4, 0.5) is 22.0 Å². The standard InChI is InChI=1S/C11H13F5N2O/c12-10(13)6-18-9(5-17)7-2-1-3-8(4-7)19-11(14,15)16/h1-4,9-10,18H,5-6,17H2. The molecule has 0 aliphatic rings. The van der Waals surface area contributed by atoms with Crippen molar-refractivity contribution in [1.82, 2.24) is 5.32 Å². The lowest BCUT2D eigenvalue weighted by atomic mass is 10.1. The van der Waals surface area contributed by atoms with Crippen molar-refractivity contribution in [2.24, 2.45) is 5.73 Å². The lowest BCUT2D eigenvalue weighted by Crippen LogP contribution is -2.31. The smallest absolute Gasteiger partial charge is 0.406 e. The minimum Gasteiger partial charge on any atom is -0.406 e. The number of hydrogen-bond acceptors (Lipinski definition) is 3. The molecule has 108 valence electrons. The van der Waals surface area contributed by atoms with E-state index in [2.05, 4.69) is 10.1 Å². The van der Waals surface area contributed by atoms with E-state index < -0.39 is 31.1 Å². The summed E-state index contributed by atoms with van der Waals surface area (Å²) in [6.07, 6.45) is -7.36. The number of alkyl halides is 5. The summed E-state index contributed by atoms with van der Waals surface area (Å²) in [6.45, 7) is -0.617. The third-order valence-corrected chi connectivity index (χ3v) is 2.25. The van der Waals surface area contributed by atoms with Crippen molar-refractivity contribution in [3.8, 4) is 5.75 Å². The zero-order valence-corrected chi connectivity index (χ0v) is 9.75. The maximum atomic E-state index is 12.1. The van der Waals surface area contributed by atoms with Crippen LogP contribution in [0, 0.1) is 0 Å². The van der Waals surface area contributed by atoms with E-state index in [0.717, 1.165) is 12.1 Å². The summed E-state index contributed by atoms with van der Waals surface area (Å²) in [7, 11) is 0. The van der Waals surface area contributed by atoms with Gasteiger partial charge in [-0.05, 0) is 17.7 Å². The molecule has 1 unspecified atom stereocenters. The van der Waals surface area contributed by atoms with E-state index in [1.807, 2.05) is 0 Å². The molecule has 0 aliphatic heterocycles. The van der Waals surface area contributed by atoms with Crippen molar-refractivity contribution < 1.29 is 26.7 Å². The van der Waals surface area contributed by atoms with Gasteiger partial charge in [0.05, 0.1) is 6.54 Å². The zero-order valence-electron chi connectivity index (χ0n) is 9.75. The quantitative estimate of drug-likeness (QED) is 0.789. The molecule has 1 aromatic rings. The molecule has 1 aromatic carbocycles. The normalized spacial score (nSPS) is 13.6. The van der Waals surface area contributed by atoms with E-state index in [0.29, 0.717) is 5.56 Å². The molecule has 0 saturated heterocycles. The van der Waals surface area contributed by atoms with E-state index in [4.69, 9.17) is 5.73 Å². The molecule has 0 saturated carbocycles.